The molecule has 106 valence electrons. The molecule has 1 rings (SSSR count). The summed E-state index contributed by atoms with van der Waals surface area (Å²) in [6.45, 7) is 9.17. The number of ether oxygens (including phenoxy) is 1. The van der Waals surface area contributed by atoms with Gasteiger partial charge in [-0.1, -0.05) is 32.1 Å². The molecular formula is C16H24FNO. The van der Waals surface area contributed by atoms with Crippen molar-refractivity contribution in [1.29, 1.82) is 0 Å². The number of halogens is 1. The fourth-order valence-corrected chi connectivity index (χ4v) is 1.96. The van der Waals surface area contributed by atoms with Crippen LogP contribution in [0.4, 0.5) is 4.39 Å². The quantitative estimate of drug-likeness (QED) is 0.710. The Kier molecular flexibility index (Phi) is 6.57. The van der Waals surface area contributed by atoms with E-state index in [-0.39, 0.29) is 17.6 Å². The molecule has 0 spiro atoms. The first kappa shape index (κ1) is 15.7. The minimum absolute atomic E-state index is 0.118. The summed E-state index contributed by atoms with van der Waals surface area (Å²) in [5.74, 6) is -0.0299. The number of methoxy groups -OCH3 is 1. The highest BCUT2D eigenvalue weighted by Crippen LogP contribution is 2.26. The smallest absolute Gasteiger partial charge is 0.165 e. The Morgan fingerprint density at radius 3 is 2.68 bits per heavy atom. The van der Waals surface area contributed by atoms with Gasteiger partial charge in [-0.2, -0.15) is 0 Å². The summed E-state index contributed by atoms with van der Waals surface area (Å²) in [4.78, 5) is 0. The van der Waals surface area contributed by atoms with Crippen LogP contribution in [0, 0.1) is 5.82 Å². The Morgan fingerprint density at radius 1 is 1.42 bits per heavy atom. The van der Waals surface area contributed by atoms with Gasteiger partial charge in [-0.3, -0.25) is 0 Å². The molecule has 0 saturated heterocycles. The SMILES string of the molecule is C=C(CC)CC(NCCC)c1ccc(OC)c(F)c1. The number of rotatable bonds is 8. The fraction of sp³-hybridized carbons (Fsp3) is 0.500. The maximum Gasteiger partial charge on any atom is 0.165 e. The lowest BCUT2D eigenvalue weighted by Crippen LogP contribution is -2.22. The zero-order valence-electron chi connectivity index (χ0n) is 12.1. The molecule has 2 nitrogen and oxygen atoms in total. The minimum Gasteiger partial charge on any atom is -0.494 e. The van der Waals surface area contributed by atoms with Gasteiger partial charge in [-0.25, -0.2) is 4.39 Å². The summed E-state index contributed by atoms with van der Waals surface area (Å²) in [6.07, 6.45) is 2.83. The minimum atomic E-state index is -0.314. The second-order valence-electron chi connectivity index (χ2n) is 4.71. The van der Waals surface area contributed by atoms with Crippen LogP contribution in [0.15, 0.2) is 30.4 Å². The largest absolute Gasteiger partial charge is 0.494 e. The third kappa shape index (κ3) is 4.67. The Morgan fingerprint density at radius 2 is 2.16 bits per heavy atom. The Bertz CT molecular complexity index is 417. The molecule has 0 saturated carbocycles. The highest BCUT2D eigenvalue weighted by atomic mass is 19.1. The molecule has 0 fully saturated rings. The fourth-order valence-electron chi connectivity index (χ4n) is 1.96. The summed E-state index contributed by atoms with van der Waals surface area (Å²) in [7, 11) is 1.48. The highest BCUT2D eigenvalue weighted by molar-refractivity contribution is 5.31. The lowest BCUT2D eigenvalue weighted by Gasteiger charge is -2.20. The predicted octanol–water partition coefficient (Wildman–Crippen LogP) is 4.23. The zero-order chi connectivity index (χ0) is 14.3. The molecule has 3 heteroatoms. The third-order valence-electron chi connectivity index (χ3n) is 3.21. The van der Waals surface area contributed by atoms with Gasteiger partial charge in [0.25, 0.3) is 0 Å². The second kappa shape index (κ2) is 7.95. The van der Waals surface area contributed by atoms with Crippen molar-refractivity contribution in [2.45, 2.75) is 39.2 Å². The maximum absolute atomic E-state index is 13.8. The van der Waals surface area contributed by atoms with Gasteiger partial charge in [0.05, 0.1) is 7.11 Å². The molecule has 0 aromatic heterocycles. The van der Waals surface area contributed by atoms with Gasteiger partial charge in [-0.15, -0.1) is 0 Å². The van der Waals surface area contributed by atoms with Crippen LogP contribution in [-0.2, 0) is 0 Å². The molecule has 0 heterocycles. The van der Waals surface area contributed by atoms with Crippen LogP contribution in [0.5, 0.6) is 5.75 Å². The topological polar surface area (TPSA) is 21.3 Å². The zero-order valence-corrected chi connectivity index (χ0v) is 12.1. The van der Waals surface area contributed by atoms with Gasteiger partial charge in [0.1, 0.15) is 0 Å². The van der Waals surface area contributed by atoms with Crippen LogP contribution >= 0.6 is 0 Å². The number of hydrogen-bond acceptors (Lipinski definition) is 2. The number of hydrogen-bond donors (Lipinski definition) is 1. The lowest BCUT2D eigenvalue weighted by molar-refractivity contribution is 0.385. The van der Waals surface area contributed by atoms with Crippen molar-refractivity contribution < 1.29 is 9.13 Å². The standard InChI is InChI=1S/C16H24FNO/c1-5-9-18-15(10-12(3)6-2)13-7-8-16(19-4)14(17)11-13/h7-8,11,15,18H,3,5-6,9-10H2,1-2,4H3. The van der Waals surface area contributed by atoms with Crippen LogP contribution in [0.3, 0.4) is 0 Å². The molecule has 1 aromatic carbocycles. The summed E-state index contributed by atoms with van der Waals surface area (Å²) in [5.41, 5.74) is 2.12. The van der Waals surface area contributed by atoms with E-state index in [1.54, 1.807) is 12.1 Å². The Labute approximate surface area is 115 Å². The molecule has 19 heavy (non-hydrogen) atoms. The van der Waals surface area contributed by atoms with Gasteiger partial charge >= 0.3 is 0 Å². The summed E-state index contributed by atoms with van der Waals surface area (Å²) in [6, 6.07) is 5.26. The first-order valence-electron chi connectivity index (χ1n) is 6.85. The van der Waals surface area contributed by atoms with E-state index in [1.807, 2.05) is 6.07 Å². The van der Waals surface area contributed by atoms with Crippen molar-refractivity contribution in [3.05, 3.63) is 41.7 Å². The van der Waals surface area contributed by atoms with Crippen molar-refractivity contribution in [3.63, 3.8) is 0 Å². The summed E-state index contributed by atoms with van der Waals surface area (Å²) < 4.78 is 18.7. The maximum atomic E-state index is 13.8. The van der Waals surface area contributed by atoms with Crippen molar-refractivity contribution in [3.8, 4) is 5.75 Å². The van der Waals surface area contributed by atoms with Gasteiger partial charge in [0.15, 0.2) is 11.6 Å². The molecule has 0 bridgehead atoms. The van der Waals surface area contributed by atoms with Gasteiger partial charge in [0.2, 0.25) is 0 Å². The highest BCUT2D eigenvalue weighted by Gasteiger charge is 2.14. The van der Waals surface area contributed by atoms with Crippen LogP contribution in [0.2, 0.25) is 0 Å². The van der Waals surface area contributed by atoms with E-state index >= 15 is 0 Å². The number of benzene rings is 1. The van der Waals surface area contributed by atoms with E-state index in [4.69, 9.17) is 4.74 Å². The van der Waals surface area contributed by atoms with E-state index < -0.39 is 0 Å². The molecule has 0 aliphatic heterocycles. The van der Waals surface area contributed by atoms with E-state index in [1.165, 1.54) is 12.7 Å². The van der Waals surface area contributed by atoms with Crippen molar-refractivity contribution in [2.24, 2.45) is 0 Å². The molecule has 0 aliphatic rings. The summed E-state index contributed by atoms with van der Waals surface area (Å²) >= 11 is 0. The Balaban J connectivity index is 2.89. The van der Waals surface area contributed by atoms with E-state index in [2.05, 4.69) is 25.7 Å². The molecule has 1 N–H and O–H groups in total. The molecule has 1 atom stereocenters. The first-order chi connectivity index (χ1) is 9.12. The van der Waals surface area contributed by atoms with E-state index in [0.717, 1.165) is 31.4 Å². The van der Waals surface area contributed by atoms with Crippen molar-refractivity contribution in [2.75, 3.05) is 13.7 Å². The van der Waals surface area contributed by atoms with Crippen molar-refractivity contribution >= 4 is 0 Å². The molecule has 0 aliphatic carbocycles. The summed E-state index contributed by atoms with van der Waals surface area (Å²) in [5, 5.41) is 3.45. The number of nitrogens with one attached hydrogen (secondary N) is 1. The Hall–Kier alpha value is -1.35. The average Bonchev–Trinajstić information content (AvgIpc) is 2.43. The molecule has 1 aromatic rings. The lowest BCUT2D eigenvalue weighted by atomic mass is 9.98. The van der Waals surface area contributed by atoms with E-state index in [9.17, 15) is 4.39 Å². The molecular weight excluding hydrogens is 241 g/mol. The second-order valence-corrected chi connectivity index (χ2v) is 4.71. The average molecular weight is 265 g/mol. The van der Waals surface area contributed by atoms with Crippen LogP contribution < -0.4 is 10.1 Å². The van der Waals surface area contributed by atoms with Gasteiger partial charge < -0.3 is 10.1 Å². The van der Waals surface area contributed by atoms with Crippen LogP contribution in [0.1, 0.15) is 44.7 Å². The monoisotopic (exact) mass is 265 g/mol. The van der Waals surface area contributed by atoms with Crippen LogP contribution in [-0.4, -0.2) is 13.7 Å². The molecule has 1 unspecified atom stereocenters. The van der Waals surface area contributed by atoms with Crippen LogP contribution in [0.25, 0.3) is 0 Å². The van der Waals surface area contributed by atoms with Crippen molar-refractivity contribution in [1.82, 2.24) is 5.32 Å². The third-order valence-corrected chi connectivity index (χ3v) is 3.21. The molecule has 0 amide bonds. The van der Waals surface area contributed by atoms with E-state index in [0.29, 0.717) is 0 Å². The normalized spacial score (nSPS) is 12.2. The molecule has 0 radical (unpaired) electrons. The van der Waals surface area contributed by atoms with Gasteiger partial charge in [-0.05, 0) is 43.5 Å². The predicted molar refractivity (Wildman–Crippen MR) is 78.0 cm³/mol. The van der Waals surface area contributed by atoms with Gasteiger partial charge in [0, 0.05) is 6.04 Å². The first-order valence-corrected chi connectivity index (χ1v) is 6.85.